The molecular weight excluding hydrogens is 200 g/mol. The molecule has 0 bridgehead atoms. The Hall–Kier alpha value is -0.130. The lowest BCUT2D eigenvalue weighted by Gasteiger charge is -2.21. The molecule has 0 aromatic rings. The standard InChI is InChI=1S/C9H20N2O2S/c1-8(6-11(2)3)10-9-4-5-14(12,13)7-9/h8-10H,4-7H2,1-3H3. The summed E-state index contributed by atoms with van der Waals surface area (Å²) in [5.74, 6) is 0.657. The van der Waals surface area contributed by atoms with E-state index in [1.807, 2.05) is 14.1 Å². The van der Waals surface area contributed by atoms with Crippen LogP contribution in [0.4, 0.5) is 0 Å². The Bertz CT molecular complexity index is 275. The first-order chi connectivity index (χ1) is 6.39. The van der Waals surface area contributed by atoms with E-state index in [1.54, 1.807) is 0 Å². The molecule has 4 nitrogen and oxygen atoms in total. The van der Waals surface area contributed by atoms with E-state index in [0.717, 1.165) is 13.0 Å². The molecule has 1 N–H and O–H groups in total. The lowest BCUT2D eigenvalue weighted by molar-refractivity contribution is 0.334. The van der Waals surface area contributed by atoms with E-state index in [2.05, 4.69) is 17.1 Å². The van der Waals surface area contributed by atoms with E-state index in [9.17, 15) is 8.42 Å². The van der Waals surface area contributed by atoms with Crippen molar-refractivity contribution in [3.8, 4) is 0 Å². The van der Waals surface area contributed by atoms with E-state index < -0.39 is 9.84 Å². The lowest BCUT2D eigenvalue weighted by atomic mass is 10.2. The van der Waals surface area contributed by atoms with Gasteiger partial charge in [0.25, 0.3) is 0 Å². The largest absolute Gasteiger partial charge is 0.309 e. The molecule has 14 heavy (non-hydrogen) atoms. The van der Waals surface area contributed by atoms with E-state index in [-0.39, 0.29) is 6.04 Å². The minimum atomic E-state index is -2.75. The van der Waals surface area contributed by atoms with Gasteiger partial charge in [0, 0.05) is 18.6 Å². The van der Waals surface area contributed by atoms with Gasteiger partial charge in [-0.2, -0.15) is 0 Å². The third-order valence-electron chi connectivity index (χ3n) is 2.39. The van der Waals surface area contributed by atoms with Crippen LogP contribution in [0.1, 0.15) is 13.3 Å². The third kappa shape index (κ3) is 3.94. The summed E-state index contributed by atoms with van der Waals surface area (Å²) in [7, 11) is 1.29. The zero-order valence-corrected chi connectivity index (χ0v) is 9.97. The molecule has 0 spiro atoms. The van der Waals surface area contributed by atoms with Gasteiger partial charge in [-0.15, -0.1) is 0 Å². The lowest BCUT2D eigenvalue weighted by Crippen LogP contribution is -2.42. The van der Waals surface area contributed by atoms with Crippen LogP contribution in [-0.2, 0) is 9.84 Å². The molecule has 1 rings (SSSR count). The number of nitrogens with one attached hydrogen (secondary N) is 1. The highest BCUT2D eigenvalue weighted by Crippen LogP contribution is 2.11. The van der Waals surface area contributed by atoms with Crippen LogP contribution in [0.2, 0.25) is 0 Å². The van der Waals surface area contributed by atoms with Crippen molar-refractivity contribution in [2.24, 2.45) is 0 Å². The van der Waals surface area contributed by atoms with Gasteiger partial charge in [-0.3, -0.25) is 0 Å². The molecule has 1 fully saturated rings. The highest BCUT2D eigenvalue weighted by Gasteiger charge is 2.28. The van der Waals surface area contributed by atoms with Crippen LogP contribution in [0, 0.1) is 0 Å². The first-order valence-electron chi connectivity index (χ1n) is 5.00. The summed E-state index contributed by atoms with van der Waals surface area (Å²) in [6, 6.07) is 0.512. The number of hydrogen-bond donors (Lipinski definition) is 1. The summed E-state index contributed by atoms with van der Waals surface area (Å²) in [4.78, 5) is 2.10. The van der Waals surface area contributed by atoms with Crippen LogP contribution in [0.25, 0.3) is 0 Å². The molecule has 1 heterocycles. The molecule has 84 valence electrons. The highest BCUT2D eigenvalue weighted by atomic mass is 32.2. The summed E-state index contributed by atoms with van der Waals surface area (Å²) in [6.07, 6.45) is 0.764. The molecular formula is C9H20N2O2S. The monoisotopic (exact) mass is 220 g/mol. The SMILES string of the molecule is CC(CN(C)C)NC1CCS(=O)(=O)C1. The fourth-order valence-corrected chi connectivity index (χ4v) is 3.62. The summed E-state index contributed by atoms with van der Waals surface area (Å²) in [5.41, 5.74) is 0. The Labute approximate surface area is 86.6 Å². The molecule has 0 aliphatic carbocycles. The summed E-state index contributed by atoms with van der Waals surface area (Å²) in [5, 5.41) is 3.34. The third-order valence-corrected chi connectivity index (χ3v) is 4.16. The molecule has 5 heteroatoms. The van der Waals surface area contributed by atoms with Crippen LogP contribution in [-0.4, -0.2) is 57.5 Å². The maximum absolute atomic E-state index is 11.2. The fourth-order valence-electron chi connectivity index (χ4n) is 1.93. The van der Waals surface area contributed by atoms with Crippen molar-refractivity contribution >= 4 is 9.84 Å². The van der Waals surface area contributed by atoms with Crippen LogP contribution in [0.15, 0.2) is 0 Å². The van der Waals surface area contributed by atoms with Gasteiger partial charge in [-0.1, -0.05) is 0 Å². The molecule has 1 saturated heterocycles. The Morgan fingerprint density at radius 1 is 1.50 bits per heavy atom. The van der Waals surface area contributed by atoms with Gasteiger partial charge >= 0.3 is 0 Å². The molecule has 2 unspecified atom stereocenters. The van der Waals surface area contributed by atoms with E-state index in [1.165, 1.54) is 0 Å². The topological polar surface area (TPSA) is 49.4 Å². The van der Waals surface area contributed by atoms with Crippen molar-refractivity contribution in [1.82, 2.24) is 10.2 Å². The zero-order valence-electron chi connectivity index (χ0n) is 9.16. The second kappa shape index (κ2) is 4.59. The van der Waals surface area contributed by atoms with Crippen molar-refractivity contribution < 1.29 is 8.42 Å². The fraction of sp³-hybridized carbons (Fsp3) is 1.00. The Kier molecular flexibility index (Phi) is 3.92. The summed E-state index contributed by atoms with van der Waals surface area (Å²) >= 11 is 0. The van der Waals surface area contributed by atoms with Crippen molar-refractivity contribution in [3.63, 3.8) is 0 Å². The Morgan fingerprint density at radius 2 is 2.14 bits per heavy atom. The number of hydrogen-bond acceptors (Lipinski definition) is 4. The molecule has 0 radical (unpaired) electrons. The van der Waals surface area contributed by atoms with Gasteiger partial charge in [-0.05, 0) is 27.4 Å². The van der Waals surface area contributed by atoms with Crippen molar-refractivity contribution in [2.45, 2.75) is 25.4 Å². The summed E-state index contributed by atoms with van der Waals surface area (Å²) < 4.78 is 22.4. The first-order valence-corrected chi connectivity index (χ1v) is 6.82. The van der Waals surface area contributed by atoms with Gasteiger partial charge in [0.05, 0.1) is 11.5 Å². The van der Waals surface area contributed by atoms with Crippen molar-refractivity contribution in [2.75, 3.05) is 32.1 Å². The van der Waals surface area contributed by atoms with E-state index in [0.29, 0.717) is 17.5 Å². The molecule has 0 aromatic carbocycles. The number of sulfone groups is 1. The average Bonchev–Trinajstić information content (AvgIpc) is 2.27. The maximum Gasteiger partial charge on any atom is 0.151 e. The molecule has 0 aromatic heterocycles. The first kappa shape index (κ1) is 11.9. The Morgan fingerprint density at radius 3 is 2.57 bits per heavy atom. The zero-order chi connectivity index (χ0) is 10.8. The van der Waals surface area contributed by atoms with Crippen LogP contribution in [0.5, 0.6) is 0 Å². The molecule has 2 atom stereocenters. The van der Waals surface area contributed by atoms with Gasteiger partial charge in [0.15, 0.2) is 9.84 Å². The van der Waals surface area contributed by atoms with Crippen LogP contribution in [0.3, 0.4) is 0 Å². The Balaban J connectivity index is 2.32. The maximum atomic E-state index is 11.2. The van der Waals surface area contributed by atoms with Gasteiger partial charge in [0.1, 0.15) is 0 Å². The second-order valence-corrected chi connectivity index (χ2v) is 6.66. The second-order valence-electron chi connectivity index (χ2n) is 4.43. The molecule has 1 aliphatic heterocycles. The minimum Gasteiger partial charge on any atom is -0.309 e. The van der Waals surface area contributed by atoms with Crippen LogP contribution >= 0.6 is 0 Å². The van der Waals surface area contributed by atoms with Crippen molar-refractivity contribution in [1.29, 1.82) is 0 Å². The predicted molar refractivity (Wildman–Crippen MR) is 58.2 cm³/mol. The quantitative estimate of drug-likeness (QED) is 0.707. The number of likely N-dealkylation sites (N-methyl/N-ethyl adjacent to an activating group) is 1. The highest BCUT2D eigenvalue weighted by molar-refractivity contribution is 7.91. The van der Waals surface area contributed by atoms with E-state index in [4.69, 9.17) is 0 Å². The molecule has 0 saturated carbocycles. The number of nitrogens with zero attached hydrogens (tertiary/aromatic N) is 1. The van der Waals surface area contributed by atoms with Gasteiger partial charge in [0.2, 0.25) is 0 Å². The normalized spacial score (nSPS) is 28.1. The molecule has 0 amide bonds. The smallest absolute Gasteiger partial charge is 0.151 e. The van der Waals surface area contributed by atoms with Crippen LogP contribution < -0.4 is 5.32 Å². The summed E-state index contributed by atoms with van der Waals surface area (Å²) in [6.45, 7) is 3.03. The molecule has 1 aliphatic rings. The average molecular weight is 220 g/mol. The van der Waals surface area contributed by atoms with Crippen molar-refractivity contribution in [3.05, 3.63) is 0 Å². The van der Waals surface area contributed by atoms with Gasteiger partial charge in [-0.25, -0.2) is 8.42 Å². The van der Waals surface area contributed by atoms with E-state index >= 15 is 0 Å². The predicted octanol–water partition coefficient (Wildman–Crippen LogP) is -0.287. The minimum absolute atomic E-state index is 0.162. The number of rotatable bonds is 4. The van der Waals surface area contributed by atoms with Gasteiger partial charge < -0.3 is 10.2 Å².